The van der Waals surface area contributed by atoms with Crippen molar-refractivity contribution in [3.63, 3.8) is 0 Å². The Bertz CT molecular complexity index is 786. The molecule has 7 N–H and O–H groups in total. The highest BCUT2D eigenvalue weighted by atomic mass is 16.1. The summed E-state index contributed by atoms with van der Waals surface area (Å²) in [5.41, 5.74) is 13.3. The van der Waals surface area contributed by atoms with Crippen molar-refractivity contribution >= 4 is 35.3 Å². The van der Waals surface area contributed by atoms with E-state index >= 15 is 0 Å². The van der Waals surface area contributed by atoms with E-state index in [9.17, 15) is 4.79 Å². The minimum atomic E-state index is -0.568. The predicted molar refractivity (Wildman–Crippen MR) is 93.8 cm³/mol. The number of primary amides is 1. The van der Waals surface area contributed by atoms with Crippen molar-refractivity contribution in [3.8, 4) is 0 Å². The summed E-state index contributed by atoms with van der Waals surface area (Å²) in [7, 11) is 0. The first-order chi connectivity index (χ1) is 11.6. The van der Waals surface area contributed by atoms with Crippen LogP contribution in [0.5, 0.6) is 0 Å². The van der Waals surface area contributed by atoms with Gasteiger partial charge in [-0.3, -0.25) is 4.79 Å². The lowest BCUT2D eigenvalue weighted by molar-refractivity contribution is 0.100. The molecule has 0 bridgehead atoms. The van der Waals surface area contributed by atoms with Crippen LogP contribution in [-0.2, 0) is 0 Å². The molecule has 1 heterocycles. The average Bonchev–Trinajstić information content (AvgIpc) is 2.52. The molecule has 1 aliphatic rings. The van der Waals surface area contributed by atoms with E-state index in [1.54, 1.807) is 18.2 Å². The standard InChI is InChI=1S/C16H19N7O/c17-7-9-6-11(4-5-13(9)18)22-16-20-8-12(14(19)24)15(23-16)21-10-2-1-3-10/h4-8,10,17H,1-3,18H2,(H2,19,24)(H2,20,21,22,23). The normalized spacial score (nSPS) is 13.8. The number of nitrogen functional groups attached to an aromatic ring is 1. The Balaban J connectivity index is 1.86. The number of anilines is 4. The number of carbonyl (C=O) groups excluding carboxylic acids is 1. The van der Waals surface area contributed by atoms with E-state index in [1.807, 2.05) is 0 Å². The van der Waals surface area contributed by atoms with Gasteiger partial charge >= 0.3 is 0 Å². The summed E-state index contributed by atoms with van der Waals surface area (Å²) in [6.07, 6.45) is 5.85. The third kappa shape index (κ3) is 3.27. The molecule has 1 aromatic heterocycles. The molecule has 3 rings (SSSR count). The molecule has 2 aromatic rings. The van der Waals surface area contributed by atoms with Crippen molar-refractivity contribution in [2.24, 2.45) is 5.73 Å². The first-order valence-electron chi connectivity index (χ1n) is 7.67. The largest absolute Gasteiger partial charge is 0.398 e. The molecule has 0 atom stereocenters. The molecule has 1 amide bonds. The number of nitrogens with zero attached hydrogens (tertiary/aromatic N) is 2. The zero-order valence-electron chi connectivity index (χ0n) is 13.0. The SMILES string of the molecule is N=Cc1cc(Nc2ncc(C(N)=O)c(NC3CCC3)n2)ccc1N. The fourth-order valence-corrected chi connectivity index (χ4v) is 2.38. The van der Waals surface area contributed by atoms with E-state index in [0.29, 0.717) is 34.7 Å². The first kappa shape index (κ1) is 15.7. The van der Waals surface area contributed by atoms with Gasteiger partial charge in [0.05, 0.1) is 5.56 Å². The first-order valence-corrected chi connectivity index (χ1v) is 7.67. The number of benzene rings is 1. The van der Waals surface area contributed by atoms with Crippen LogP contribution in [0.3, 0.4) is 0 Å². The van der Waals surface area contributed by atoms with Gasteiger partial charge in [-0.05, 0) is 37.5 Å². The van der Waals surface area contributed by atoms with Gasteiger partial charge < -0.3 is 27.5 Å². The summed E-state index contributed by atoms with van der Waals surface area (Å²) in [4.78, 5) is 20.0. The second-order valence-corrected chi connectivity index (χ2v) is 5.71. The summed E-state index contributed by atoms with van der Waals surface area (Å²) in [5.74, 6) is 0.205. The summed E-state index contributed by atoms with van der Waals surface area (Å²) in [6.45, 7) is 0. The minimum absolute atomic E-state index is 0.268. The molecule has 124 valence electrons. The van der Waals surface area contributed by atoms with Crippen molar-refractivity contribution < 1.29 is 4.79 Å². The number of amides is 1. The fraction of sp³-hybridized carbons (Fsp3) is 0.250. The summed E-state index contributed by atoms with van der Waals surface area (Å²) >= 11 is 0. The highest BCUT2D eigenvalue weighted by molar-refractivity contribution is 5.97. The van der Waals surface area contributed by atoms with Crippen molar-refractivity contribution in [1.29, 1.82) is 5.41 Å². The lowest BCUT2D eigenvalue weighted by Gasteiger charge is -2.27. The van der Waals surface area contributed by atoms with Crippen molar-refractivity contribution in [2.75, 3.05) is 16.4 Å². The fourth-order valence-electron chi connectivity index (χ4n) is 2.38. The zero-order valence-corrected chi connectivity index (χ0v) is 13.0. The maximum absolute atomic E-state index is 11.5. The molecule has 0 spiro atoms. The molecule has 8 heteroatoms. The van der Waals surface area contributed by atoms with Gasteiger partial charge in [0.2, 0.25) is 5.95 Å². The highest BCUT2D eigenvalue weighted by Crippen LogP contribution is 2.25. The Kier molecular flexibility index (Phi) is 4.28. The lowest BCUT2D eigenvalue weighted by atomic mass is 9.93. The van der Waals surface area contributed by atoms with Crippen LogP contribution in [0.2, 0.25) is 0 Å². The van der Waals surface area contributed by atoms with Crippen molar-refractivity contribution in [3.05, 3.63) is 35.5 Å². The predicted octanol–water partition coefficient (Wildman–Crippen LogP) is 1.86. The van der Waals surface area contributed by atoms with Gasteiger partial charge in [0, 0.05) is 35.4 Å². The second kappa shape index (κ2) is 6.53. The van der Waals surface area contributed by atoms with Crippen LogP contribution in [0, 0.1) is 5.41 Å². The Labute approximate surface area is 139 Å². The number of nitrogens with two attached hydrogens (primary N) is 2. The van der Waals surface area contributed by atoms with E-state index in [2.05, 4.69) is 20.6 Å². The van der Waals surface area contributed by atoms with E-state index in [0.717, 1.165) is 19.3 Å². The molecular weight excluding hydrogens is 306 g/mol. The number of hydrogen-bond donors (Lipinski definition) is 5. The molecule has 1 aliphatic carbocycles. The van der Waals surface area contributed by atoms with Crippen LogP contribution >= 0.6 is 0 Å². The average molecular weight is 325 g/mol. The number of carbonyl (C=O) groups is 1. The van der Waals surface area contributed by atoms with Crippen LogP contribution in [0.1, 0.15) is 35.2 Å². The maximum Gasteiger partial charge on any atom is 0.254 e. The molecule has 1 fully saturated rings. The molecule has 1 aromatic carbocycles. The Morgan fingerprint density at radius 2 is 2.17 bits per heavy atom. The Morgan fingerprint density at radius 1 is 1.38 bits per heavy atom. The van der Waals surface area contributed by atoms with Crippen molar-refractivity contribution in [2.45, 2.75) is 25.3 Å². The maximum atomic E-state index is 11.5. The van der Waals surface area contributed by atoms with Gasteiger partial charge in [0.15, 0.2) is 0 Å². The molecule has 24 heavy (non-hydrogen) atoms. The van der Waals surface area contributed by atoms with E-state index < -0.39 is 5.91 Å². The Hall–Kier alpha value is -3.16. The van der Waals surface area contributed by atoms with Gasteiger partial charge in [-0.1, -0.05) is 0 Å². The van der Waals surface area contributed by atoms with Crippen molar-refractivity contribution in [1.82, 2.24) is 9.97 Å². The molecular formula is C16H19N7O. The van der Waals surface area contributed by atoms with Crippen LogP contribution in [0.15, 0.2) is 24.4 Å². The number of hydrogen-bond acceptors (Lipinski definition) is 7. The number of rotatable bonds is 6. The van der Waals surface area contributed by atoms with Gasteiger partial charge in [0.25, 0.3) is 5.91 Å². The topological polar surface area (TPSA) is 143 Å². The summed E-state index contributed by atoms with van der Waals surface area (Å²) < 4.78 is 0. The number of nitrogens with one attached hydrogen (secondary N) is 3. The molecule has 0 aliphatic heterocycles. The van der Waals surface area contributed by atoms with E-state index in [4.69, 9.17) is 16.9 Å². The van der Waals surface area contributed by atoms with Gasteiger partial charge in [0.1, 0.15) is 5.82 Å². The minimum Gasteiger partial charge on any atom is -0.398 e. The van der Waals surface area contributed by atoms with Crippen LogP contribution in [-0.4, -0.2) is 28.1 Å². The monoisotopic (exact) mass is 325 g/mol. The van der Waals surface area contributed by atoms with Gasteiger partial charge in [-0.2, -0.15) is 4.98 Å². The van der Waals surface area contributed by atoms with E-state index in [-0.39, 0.29) is 5.56 Å². The zero-order chi connectivity index (χ0) is 17.1. The van der Waals surface area contributed by atoms with Crippen LogP contribution < -0.4 is 22.1 Å². The molecule has 0 saturated heterocycles. The third-order valence-electron chi connectivity index (χ3n) is 4.00. The second-order valence-electron chi connectivity index (χ2n) is 5.71. The quantitative estimate of drug-likeness (QED) is 0.405. The molecule has 1 saturated carbocycles. The smallest absolute Gasteiger partial charge is 0.254 e. The van der Waals surface area contributed by atoms with Gasteiger partial charge in [-0.25, -0.2) is 4.98 Å². The molecule has 0 unspecified atom stereocenters. The molecule has 0 radical (unpaired) electrons. The van der Waals surface area contributed by atoms with E-state index in [1.165, 1.54) is 12.4 Å². The summed E-state index contributed by atoms with van der Waals surface area (Å²) in [5, 5.41) is 13.6. The highest BCUT2D eigenvalue weighted by Gasteiger charge is 2.21. The van der Waals surface area contributed by atoms with Crippen LogP contribution in [0.4, 0.5) is 23.1 Å². The van der Waals surface area contributed by atoms with Gasteiger partial charge in [-0.15, -0.1) is 0 Å². The third-order valence-corrected chi connectivity index (χ3v) is 4.00. The lowest BCUT2D eigenvalue weighted by Crippen LogP contribution is -2.29. The molecule has 8 nitrogen and oxygen atoms in total. The number of aromatic nitrogens is 2. The Morgan fingerprint density at radius 3 is 2.79 bits per heavy atom. The summed E-state index contributed by atoms with van der Waals surface area (Å²) in [6, 6.07) is 5.51. The van der Waals surface area contributed by atoms with Crippen LogP contribution in [0.25, 0.3) is 0 Å².